The molecule has 2 nitrogen and oxygen atoms in total. The van der Waals surface area contributed by atoms with Gasteiger partial charge in [0, 0.05) is 19.1 Å². The molecule has 1 unspecified atom stereocenters. The molecule has 1 N–H and O–H groups in total. The summed E-state index contributed by atoms with van der Waals surface area (Å²) >= 11 is 0. The number of aliphatic hydroxyl groups is 1. The standard InChI is InChI=1S/C14H20F3NO/c1-10(2)18(8-11(3)19)9-12-4-6-13(7-5-12)14(15,16)17/h4-7,10-11,19H,8-9H2,1-3H3. The Hall–Kier alpha value is -1.07. The molecule has 1 aromatic carbocycles. The predicted octanol–water partition coefficient (Wildman–Crippen LogP) is 3.30. The number of hydrogen-bond acceptors (Lipinski definition) is 2. The van der Waals surface area contributed by atoms with Crippen LogP contribution in [0.5, 0.6) is 0 Å². The number of aliphatic hydroxyl groups excluding tert-OH is 1. The number of alkyl halides is 3. The quantitative estimate of drug-likeness (QED) is 0.891. The molecule has 0 aliphatic carbocycles. The van der Waals surface area contributed by atoms with E-state index in [2.05, 4.69) is 0 Å². The summed E-state index contributed by atoms with van der Waals surface area (Å²) in [5.74, 6) is 0. The second kappa shape index (κ2) is 6.39. The molecular formula is C14H20F3NO. The fourth-order valence-electron chi connectivity index (χ4n) is 1.83. The van der Waals surface area contributed by atoms with Crippen LogP contribution in [0.2, 0.25) is 0 Å². The van der Waals surface area contributed by atoms with Gasteiger partial charge in [-0.15, -0.1) is 0 Å². The van der Waals surface area contributed by atoms with E-state index in [-0.39, 0.29) is 6.04 Å². The molecule has 0 heterocycles. The Kier molecular flexibility index (Phi) is 5.38. The van der Waals surface area contributed by atoms with Gasteiger partial charge >= 0.3 is 6.18 Å². The molecule has 0 amide bonds. The summed E-state index contributed by atoms with van der Waals surface area (Å²) in [5.41, 5.74) is 0.172. The van der Waals surface area contributed by atoms with Gasteiger partial charge < -0.3 is 5.11 Å². The van der Waals surface area contributed by atoms with Crippen LogP contribution in [-0.4, -0.2) is 28.7 Å². The maximum Gasteiger partial charge on any atom is 0.416 e. The topological polar surface area (TPSA) is 23.5 Å². The highest BCUT2D eigenvalue weighted by Crippen LogP contribution is 2.29. The minimum atomic E-state index is -4.30. The summed E-state index contributed by atoms with van der Waals surface area (Å²) < 4.78 is 37.3. The molecular weight excluding hydrogens is 255 g/mol. The molecule has 1 aromatic rings. The Balaban J connectivity index is 2.75. The van der Waals surface area contributed by atoms with Gasteiger partial charge in [0.25, 0.3) is 0 Å². The first-order valence-corrected chi connectivity index (χ1v) is 6.28. The van der Waals surface area contributed by atoms with Gasteiger partial charge in [-0.05, 0) is 38.5 Å². The van der Waals surface area contributed by atoms with Crippen LogP contribution in [0.15, 0.2) is 24.3 Å². The van der Waals surface area contributed by atoms with Gasteiger partial charge in [-0.1, -0.05) is 12.1 Å². The predicted molar refractivity (Wildman–Crippen MR) is 68.7 cm³/mol. The minimum Gasteiger partial charge on any atom is -0.392 e. The fourth-order valence-corrected chi connectivity index (χ4v) is 1.83. The average Bonchev–Trinajstić information content (AvgIpc) is 2.27. The molecule has 5 heteroatoms. The maximum atomic E-state index is 12.4. The van der Waals surface area contributed by atoms with E-state index in [9.17, 15) is 18.3 Å². The lowest BCUT2D eigenvalue weighted by molar-refractivity contribution is -0.137. The lowest BCUT2D eigenvalue weighted by Gasteiger charge is -2.27. The van der Waals surface area contributed by atoms with E-state index in [1.165, 1.54) is 12.1 Å². The first-order valence-electron chi connectivity index (χ1n) is 6.28. The maximum absolute atomic E-state index is 12.4. The SMILES string of the molecule is CC(O)CN(Cc1ccc(C(F)(F)F)cc1)C(C)C. The second-order valence-electron chi connectivity index (χ2n) is 5.07. The van der Waals surface area contributed by atoms with Gasteiger partial charge in [0.15, 0.2) is 0 Å². The molecule has 0 aromatic heterocycles. The van der Waals surface area contributed by atoms with E-state index in [1.807, 2.05) is 18.7 Å². The Morgan fingerprint density at radius 2 is 1.63 bits per heavy atom. The molecule has 19 heavy (non-hydrogen) atoms. The first-order chi connectivity index (χ1) is 8.70. The Morgan fingerprint density at radius 1 is 1.11 bits per heavy atom. The highest BCUT2D eigenvalue weighted by Gasteiger charge is 2.30. The summed E-state index contributed by atoms with van der Waals surface area (Å²) in [7, 11) is 0. The van der Waals surface area contributed by atoms with Gasteiger partial charge in [0.05, 0.1) is 11.7 Å². The third-order valence-corrected chi connectivity index (χ3v) is 2.90. The van der Waals surface area contributed by atoms with Crippen molar-refractivity contribution in [3.05, 3.63) is 35.4 Å². The monoisotopic (exact) mass is 275 g/mol. The van der Waals surface area contributed by atoms with Gasteiger partial charge in [-0.2, -0.15) is 13.2 Å². The van der Waals surface area contributed by atoms with E-state index in [1.54, 1.807) is 6.92 Å². The average molecular weight is 275 g/mol. The van der Waals surface area contributed by atoms with Crippen LogP contribution < -0.4 is 0 Å². The van der Waals surface area contributed by atoms with Crippen molar-refractivity contribution in [2.75, 3.05) is 6.54 Å². The fraction of sp³-hybridized carbons (Fsp3) is 0.571. The molecule has 0 fully saturated rings. The van der Waals surface area contributed by atoms with Gasteiger partial charge in [0.2, 0.25) is 0 Å². The summed E-state index contributed by atoms with van der Waals surface area (Å²) in [6.45, 7) is 6.71. The second-order valence-corrected chi connectivity index (χ2v) is 5.07. The summed E-state index contributed by atoms with van der Waals surface area (Å²) in [6.07, 6.45) is -4.76. The number of hydrogen-bond donors (Lipinski definition) is 1. The molecule has 1 rings (SSSR count). The Labute approximate surface area is 111 Å². The van der Waals surface area contributed by atoms with Crippen LogP contribution in [0.3, 0.4) is 0 Å². The molecule has 108 valence electrons. The van der Waals surface area contributed by atoms with Crippen molar-refractivity contribution in [2.24, 2.45) is 0 Å². The number of nitrogens with zero attached hydrogens (tertiary/aromatic N) is 1. The molecule has 0 bridgehead atoms. The van der Waals surface area contributed by atoms with Crippen molar-refractivity contribution in [1.29, 1.82) is 0 Å². The lowest BCUT2D eigenvalue weighted by Crippen LogP contribution is -2.36. The van der Waals surface area contributed by atoms with E-state index in [0.717, 1.165) is 17.7 Å². The largest absolute Gasteiger partial charge is 0.416 e. The van der Waals surface area contributed by atoms with Crippen molar-refractivity contribution < 1.29 is 18.3 Å². The van der Waals surface area contributed by atoms with Crippen molar-refractivity contribution in [3.8, 4) is 0 Å². The number of rotatable bonds is 5. The van der Waals surface area contributed by atoms with E-state index < -0.39 is 17.8 Å². The van der Waals surface area contributed by atoms with Gasteiger partial charge in [0.1, 0.15) is 0 Å². The Bertz CT molecular complexity index is 385. The zero-order valence-electron chi connectivity index (χ0n) is 11.4. The molecule has 0 saturated carbocycles. The zero-order chi connectivity index (χ0) is 14.6. The zero-order valence-corrected chi connectivity index (χ0v) is 11.4. The van der Waals surface area contributed by atoms with E-state index in [4.69, 9.17) is 0 Å². The molecule has 0 radical (unpaired) electrons. The molecule has 1 atom stereocenters. The van der Waals surface area contributed by atoms with Crippen molar-refractivity contribution in [2.45, 2.75) is 45.6 Å². The highest BCUT2D eigenvalue weighted by molar-refractivity contribution is 5.24. The number of halogens is 3. The van der Waals surface area contributed by atoms with E-state index >= 15 is 0 Å². The van der Waals surface area contributed by atoms with Crippen molar-refractivity contribution in [1.82, 2.24) is 4.90 Å². The van der Waals surface area contributed by atoms with Crippen molar-refractivity contribution in [3.63, 3.8) is 0 Å². The van der Waals surface area contributed by atoms with Crippen LogP contribution in [0.1, 0.15) is 31.9 Å². The van der Waals surface area contributed by atoms with Crippen LogP contribution in [0.4, 0.5) is 13.2 Å². The molecule has 0 saturated heterocycles. The van der Waals surface area contributed by atoms with Crippen molar-refractivity contribution >= 4 is 0 Å². The normalized spacial score (nSPS) is 14.2. The van der Waals surface area contributed by atoms with Crippen LogP contribution in [0.25, 0.3) is 0 Å². The smallest absolute Gasteiger partial charge is 0.392 e. The molecule has 0 aliphatic heterocycles. The third kappa shape index (κ3) is 5.20. The summed E-state index contributed by atoms with van der Waals surface area (Å²) in [6, 6.07) is 5.38. The Morgan fingerprint density at radius 3 is 2.00 bits per heavy atom. The first kappa shape index (κ1) is 16.0. The summed E-state index contributed by atoms with van der Waals surface area (Å²) in [5, 5.41) is 9.41. The summed E-state index contributed by atoms with van der Waals surface area (Å²) in [4.78, 5) is 2.02. The van der Waals surface area contributed by atoms with Gasteiger partial charge in [-0.25, -0.2) is 0 Å². The lowest BCUT2D eigenvalue weighted by atomic mass is 10.1. The van der Waals surface area contributed by atoms with E-state index in [0.29, 0.717) is 13.1 Å². The number of benzene rings is 1. The van der Waals surface area contributed by atoms with Gasteiger partial charge in [-0.3, -0.25) is 4.90 Å². The minimum absolute atomic E-state index is 0.219. The third-order valence-electron chi connectivity index (χ3n) is 2.90. The van der Waals surface area contributed by atoms with Crippen LogP contribution in [-0.2, 0) is 12.7 Å². The van der Waals surface area contributed by atoms with Crippen LogP contribution in [0, 0.1) is 0 Å². The molecule has 0 spiro atoms. The van der Waals surface area contributed by atoms with Crippen LogP contribution >= 0.6 is 0 Å². The molecule has 0 aliphatic rings. The highest BCUT2D eigenvalue weighted by atomic mass is 19.4.